The van der Waals surface area contributed by atoms with E-state index in [0.29, 0.717) is 11.8 Å². The monoisotopic (exact) mass is 285 g/mol. The number of benzene rings is 1. The van der Waals surface area contributed by atoms with Crippen molar-refractivity contribution in [1.82, 2.24) is 4.90 Å². The van der Waals surface area contributed by atoms with Crippen molar-refractivity contribution in [2.75, 3.05) is 43.9 Å². The molecule has 110 valence electrons. The molecule has 2 unspecified atom stereocenters. The normalized spacial score (nSPS) is 27.1. The Kier molecular flexibility index (Phi) is 3.08. The van der Waals surface area contributed by atoms with Crippen molar-refractivity contribution < 1.29 is 13.2 Å². The van der Waals surface area contributed by atoms with Gasteiger partial charge in [0, 0.05) is 26.2 Å². The molecular weight excluding hydrogens is 267 g/mol. The standard InChI is InChI=1S/C14H18F3N3/c1-19-5-9-7-20(8-10(9)6-19)13-3-2-11(4-12(13)18)14(15,16)17/h2-4,9-10H,5-8,18H2,1H3. The van der Waals surface area contributed by atoms with E-state index in [1.807, 2.05) is 0 Å². The van der Waals surface area contributed by atoms with E-state index in [0.717, 1.165) is 44.0 Å². The SMILES string of the molecule is CN1CC2CN(c3ccc(C(F)(F)F)cc3N)CC2C1. The van der Waals surface area contributed by atoms with Crippen molar-refractivity contribution in [3.05, 3.63) is 23.8 Å². The van der Waals surface area contributed by atoms with Crippen LogP contribution in [0.1, 0.15) is 5.56 Å². The number of nitrogens with two attached hydrogens (primary N) is 1. The summed E-state index contributed by atoms with van der Waals surface area (Å²) >= 11 is 0. The summed E-state index contributed by atoms with van der Waals surface area (Å²) in [6, 6.07) is 3.66. The molecule has 0 amide bonds. The second-order valence-corrected chi connectivity index (χ2v) is 5.92. The summed E-state index contributed by atoms with van der Waals surface area (Å²) in [6.07, 6.45) is -4.34. The molecule has 2 N–H and O–H groups in total. The maximum Gasteiger partial charge on any atom is 0.416 e. The molecule has 0 aliphatic carbocycles. The third-order valence-corrected chi connectivity index (χ3v) is 4.36. The highest BCUT2D eigenvalue weighted by molar-refractivity contribution is 5.69. The van der Waals surface area contributed by atoms with Crippen LogP contribution in [-0.2, 0) is 6.18 Å². The van der Waals surface area contributed by atoms with Gasteiger partial charge in [0.05, 0.1) is 16.9 Å². The van der Waals surface area contributed by atoms with Crippen molar-refractivity contribution >= 4 is 11.4 Å². The molecule has 2 aliphatic heterocycles. The Labute approximate surface area is 116 Å². The summed E-state index contributed by atoms with van der Waals surface area (Å²) in [5, 5.41) is 0. The van der Waals surface area contributed by atoms with Crippen LogP contribution in [0.5, 0.6) is 0 Å². The van der Waals surface area contributed by atoms with Gasteiger partial charge in [0.1, 0.15) is 0 Å². The number of nitrogens with zero attached hydrogens (tertiary/aromatic N) is 2. The first-order valence-electron chi connectivity index (χ1n) is 6.75. The topological polar surface area (TPSA) is 32.5 Å². The first kappa shape index (κ1) is 13.5. The number of nitrogen functional groups attached to an aromatic ring is 1. The molecule has 1 aromatic rings. The quantitative estimate of drug-likeness (QED) is 0.804. The van der Waals surface area contributed by atoms with Gasteiger partial charge in [0.25, 0.3) is 0 Å². The van der Waals surface area contributed by atoms with Gasteiger partial charge in [-0.25, -0.2) is 0 Å². The number of rotatable bonds is 1. The predicted octanol–water partition coefficient (Wildman–Crippen LogP) is 2.29. The highest BCUT2D eigenvalue weighted by Crippen LogP contribution is 2.38. The number of halogens is 3. The molecule has 0 spiro atoms. The minimum Gasteiger partial charge on any atom is -0.397 e. The molecule has 3 rings (SSSR count). The first-order chi connectivity index (χ1) is 9.34. The fourth-order valence-electron chi connectivity index (χ4n) is 3.44. The molecule has 0 aromatic heterocycles. The van der Waals surface area contributed by atoms with Crippen LogP contribution in [0.15, 0.2) is 18.2 Å². The van der Waals surface area contributed by atoms with E-state index < -0.39 is 11.7 Å². The molecule has 0 saturated carbocycles. The molecule has 20 heavy (non-hydrogen) atoms. The number of hydrogen-bond acceptors (Lipinski definition) is 3. The molecule has 2 fully saturated rings. The van der Waals surface area contributed by atoms with Gasteiger partial charge >= 0.3 is 6.18 Å². The van der Waals surface area contributed by atoms with E-state index in [9.17, 15) is 13.2 Å². The fourth-order valence-corrected chi connectivity index (χ4v) is 3.44. The Morgan fingerprint density at radius 1 is 1.10 bits per heavy atom. The number of alkyl halides is 3. The van der Waals surface area contributed by atoms with Crippen LogP contribution >= 0.6 is 0 Å². The van der Waals surface area contributed by atoms with Gasteiger partial charge in [-0.05, 0) is 37.1 Å². The highest BCUT2D eigenvalue weighted by atomic mass is 19.4. The van der Waals surface area contributed by atoms with Gasteiger partial charge in [0.15, 0.2) is 0 Å². The lowest BCUT2D eigenvalue weighted by molar-refractivity contribution is -0.137. The second-order valence-electron chi connectivity index (χ2n) is 5.92. The summed E-state index contributed by atoms with van der Waals surface area (Å²) in [5.74, 6) is 1.20. The predicted molar refractivity (Wildman–Crippen MR) is 72.5 cm³/mol. The maximum atomic E-state index is 12.6. The lowest BCUT2D eigenvalue weighted by Crippen LogP contribution is -2.27. The van der Waals surface area contributed by atoms with Crippen molar-refractivity contribution in [2.24, 2.45) is 11.8 Å². The van der Waals surface area contributed by atoms with Gasteiger partial charge in [0.2, 0.25) is 0 Å². The van der Waals surface area contributed by atoms with Crippen LogP contribution in [-0.4, -0.2) is 38.1 Å². The fraction of sp³-hybridized carbons (Fsp3) is 0.571. The van der Waals surface area contributed by atoms with E-state index in [1.165, 1.54) is 6.07 Å². The van der Waals surface area contributed by atoms with Gasteiger partial charge in [-0.2, -0.15) is 13.2 Å². The van der Waals surface area contributed by atoms with Gasteiger partial charge in [-0.15, -0.1) is 0 Å². The summed E-state index contributed by atoms with van der Waals surface area (Å²) in [4.78, 5) is 4.43. The van der Waals surface area contributed by atoms with Crippen LogP contribution in [0.4, 0.5) is 24.5 Å². The molecule has 0 bridgehead atoms. The number of fused-ring (bicyclic) bond motifs is 1. The van der Waals surface area contributed by atoms with Crippen LogP contribution in [0.25, 0.3) is 0 Å². The van der Waals surface area contributed by atoms with Gasteiger partial charge < -0.3 is 15.5 Å². The lowest BCUT2D eigenvalue weighted by atomic mass is 10.0. The molecule has 3 nitrogen and oxygen atoms in total. The zero-order valence-electron chi connectivity index (χ0n) is 11.3. The molecule has 2 heterocycles. The van der Waals surface area contributed by atoms with Crippen molar-refractivity contribution in [3.63, 3.8) is 0 Å². The molecular formula is C14H18F3N3. The largest absolute Gasteiger partial charge is 0.416 e. The van der Waals surface area contributed by atoms with Crippen molar-refractivity contribution in [2.45, 2.75) is 6.18 Å². The van der Waals surface area contributed by atoms with E-state index in [-0.39, 0.29) is 5.69 Å². The van der Waals surface area contributed by atoms with E-state index >= 15 is 0 Å². The zero-order valence-corrected chi connectivity index (χ0v) is 11.3. The third-order valence-electron chi connectivity index (χ3n) is 4.36. The smallest absolute Gasteiger partial charge is 0.397 e. The molecule has 2 aliphatic rings. The van der Waals surface area contributed by atoms with Gasteiger partial charge in [-0.1, -0.05) is 0 Å². The zero-order chi connectivity index (χ0) is 14.5. The lowest BCUT2D eigenvalue weighted by Gasteiger charge is -2.23. The number of anilines is 2. The summed E-state index contributed by atoms with van der Waals surface area (Å²) in [7, 11) is 2.11. The Morgan fingerprint density at radius 2 is 1.70 bits per heavy atom. The Hall–Kier alpha value is -1.43. The average Bonchev–Trinajstić information content (AvgIpc) is 2.84. The van der Waals surface area contributed by atoms with Crippen molar-refractivity contribution in [1.29, 1.82) is 0 Å². The second kappa shape index (κ2) is 4.55. The maximum absolute atomic E-state index is 12.6. The van der Waals surface area contributed by atoms with Gasteiger partial charge in [-0.3, -0.25) is 0 Å². The van der Waals surface area contributed by atoms with E-state index in [1.54, 1.807) is 0 Å². The Bertz CT molecular complexity index is 501. The van der Waals surface area contributed by atoms with E-state index in [4.69, 9.17) is 5.73 Å². The van der Waals surface area contributed by atoms with Crippen LogP contribution in [0.3, 0.4) is 0 Å². The number of hydrogen-bond donors (Lipinski definition) is 1. The summed E-state index contributed by atoms with van der Waals surface area (Å²) in [6.45, 7) is 3.87. The summed E-state index contributed by atoms with van der Waals surface area (Å²) in [5.41, 5.74) is 6.09. The first-order valence-corrected chi connectivity index (χ1v) is 6.75. The van der Waals surface area contributed by atoms with Crippen LogP contribution < -0.4 is 10.6 Å². The molecule has 1 aromatic carbocycles. The third kappa shape index (κ3) is 2.32. The molecule has 2 saturated heterocycles. The van der Waals surface area contributed by atoms with Crippen molar-refractivity contribution in [3.8, 4) is 0 Å². The van der Waals surface area contributed by atoms with Crippen LogP contribution in [0.2, 0.25) is 0 Å². The molecule has 0 radical (unpaired) electrons. The Morgan fingerprint density at radius 3 is 2.20 bits per heavy atom. The van der Waals surface area contributed by atoms with E-state index in [2.05, 4.69) is 16.8 Å². The average molecular weight is 285 g/mol. The number of likely N-dealkylation sites (tertiary alicyclic amines) is 1. The minimum atomic E-state index is -4.34. The highest BCUT2D eigenvalue weighted by Gasteiger charge is 2.39. The Balaban J connectivity index is 1.79. The molecule has 6 heteroatoms. The molecule has 2 atom stereocenters. The van der Waals surface area contributed by atoms with Crippen LogP contribution in [0, 0.1) is 11.8 Å². The summed E-state index contributed by atoms with van der Waals surface area (Å²) < 4.78 is 37.9. The minimum absolute atomic E-state index is 0.216.